The zero-order valence-electron chi connectivity index (χ0n) is 11.7. The third-order valence-electron chi connectivity index (χ3n) is 3.46. The van der Waals surface area contributed by atoms with E-state index in [1.54, 1.807) is 0 Å². The summed E-state index contributed by atoms with van der Waals surface area (Å²) in [5, 5.41) is 8.82. The van der Waals surface area contributed by atoms with Crippen LogP contribution in [-0.2, 0) is 0 Å². The first-order valence-electron chi connectivity index (χ1n) is 6.80. The minimum Gasteiger partial charge on any atom is -0.256 e. The van der Waals surface area contributed by atoms with E-state index < -0.39 is 0 Å². The number of aromatic nitrogens is 1. The van der Waals surface area contributed by atoms with Crippen molar-refractivity contribution >= 4 is 0 Å². The second-order valence-electron chi connectivity index (χ2n) is 4.99. The standard InChI is InChI=1S/C19H14N2/c1-14-2-6-16(7-3-14)18-10-11-19(21-13-18)17-8-4-15(12-20)5-9-17/h2-11,13H,1H3. The Hall–Kier alpha value is -2.92. The Morgan fingerprint density at radius 1 is 0.762 bits per heavy atom. The van der Waals surface area contributed by atoms with Gasteiger partial charge in [0.25, 0.3) is 0 Å². The lowest BCUT2D eigenvalue weighted by atomic mass is 10.0. The van der Waals surface area contributed by atoms with Crippen molar-refractivity contribution in [3.8, 4) is 28.5 Å². The second-order valence-corrected chi connectivity index (χ2v) is 4.99. The quantitative estimate of drug-likeness (QED) is 0.682. The number of nitriles is 1. The molecule has 0 saturated heterocycles. The zero-order valence-corrected chi connectivity index (χ0v) is 11.7. The van der Waals surface area contributed by atoms with E-state index in [2.05, 4.69) is 48.3 Å². The van der Waals surface area contributed by atoms with Crippen molar-refractivity contribution in [3.05, 3.63) is 78.0 Å². The van der Waals surface area contributed by atoms with Crippen molar-refractivity contribution in [3.63, 3.8) is 0 Å². The molecule has 3 rings (SSSR count). The molecule has 0 radical (unpaired) electrons. The fourth-order valence-corrected chi connectivity index (χ4v) is 2.20. The van der Waals surface area contributed by atoms with E-state index in [-0.39, 0.29) is 0 Å². The average Bonchev–Trinajstić information content (AvgIpc) is 2.56. The van der Waals surface area contributed by atoms with Gasteiger partial charge in [0.1, 0.15) is 0 Å². The largest absolute Gasteiger partial charge is 0.256 e. The lowest BCUT2D eigenvalue weighted by Gasteiger charge is -2.05. The third-order valence-corrected chi connectivity index (χ3v) is 3.46. The van der Waals surface area contributed by atoms with E-state index in [1.165, 1.54) is 11.1 Å². The predicted octanol–water partition coefficient (Wildman–Crippen LogP) is 4.60. The summed E-state index contributed by atoms with van der Waals surface area (Å²) in [6.07, 6.45) is 1.89. The number of aryl methyl sites for hydroxylation is 1. The van der Waals surface area contributed by atoms with Gasteiger partial charge in [-0.2, -0.15) is 5.26 Å². The van der Waals surface area contributed by atoms with Gasteiger partial charge in [-0.05, 0) is 30.7 Å². The Kier molecular flexibility index (Phi) is 3.49. The molecule has 21 heavy (non-hydrogen) atoms. The average molecular weight is 270 g/mol. The van der Waals surface area contributed by atoms with Crippen molar-refractivity contribution in [2.75, 3.05) is 0 Å². The molecule has 2 nitrogen and oxygen atoms in total. The van der Waals surface area contributed by atoms with E-state index >= 15 is 0 Å². The Balaban J connectivity index is 1.89. The van der Waals surface area contributed by atoms with Crippen LogP contribution in [0.2, 0.25) is 0 Å². The molecule has 0 aliphatic carbocycles. The lowest BCUT2D eigenvalue weighted by Crippen LogP contribution is -1.86. The highest BCUT2D eigenvalue weighted by Gasteiger charge is 2.02. The first-order chi connectivity index (χ1) is 10.3. The highest BCUT2D eigenvalue weighted by Crippen LogP contribution is 2.23. The van der Waals surface area contributed by atoms with Crippen molar-refractivity contribution < 1.29 is 0 Å². The zero-order chi connectivity index (χ0) is 14.7. The summed E-state index contributed by atoms with van der Waals surface area (Å²) in [5.74, 6) is 0. The molecular weight excluding hydrogens is 256 g/mol. The summed E-state index contributed by atoms with van der Waals surface area (Å²) in [5.41, 5.74) is 6.11. The summed E-state index contributed by atoms with van der Waals surface area (Å²) >= 11 is 0. The van der Waals surface area contributed by atoms with Crippen LogP contribution in [0.1, 0.15) is 11.1 Å². The molecule has 0 N–H and O–H groups in total. The number of hydrogen-bond acceptors (Lipinski definition) is 2. The monoisotopic (exact) mass is 270 g/mol. The topological polar surface area (TPSA) is 36.7 Å². The van der Waals surface area contributed by atoms with Gasteiger partial charge in [0, 0.05) is 17.3 Å². The lowest BCUT2D eigenvalue weighted by molar-refractivity contribution is 1.32. The molecular formula is C19H14N2. The molecule has 100 valence electrons. The van der Waals surface area contributed by atoms with Crippen LogP contribution in [0.3, 0.4) is 0 Å². The normalized spacial score (nSPS) is 10.1. The Morgan fingerprint density at radius 3 is 1.95 bits per heavy atom. The minimum absolute atomic E-state index is 0.662. The molecule has 0 aliphatic rings. The SMILES string of the molecule is Cc1ccc(-c2ccc(-c3ccc(C#N)cc3)nc2)cc1. The van der Waals surface area contributed by atoms with Crippen LogP contribution in [-0.4, -0.2) is 4.98 Å². The molecule has 0 bridgehead atoms. The highest BCUT2D eigenvalue weighted by molar-refractivity contribution is 5.67. The summed E-state index contributed by atoms with van der Waals surface area (Å²) in [6.45, 7) is 2.08. The first-order valence-corrected chi connectivity index (χ1v) is 6.80. The van der Waals surface area contributed by atoms with Crippen molar-refractivity contribution in [1.82, 2.24) is 4.98 Å². The molecule has 1 aromatic heterocycles. The molecule has 1 heterocycles. The number of rotatable bonds is 2. The first kappa shape index (κ1) is 13.1. The Morgan fingerprint density at radius 2 is 1.38 bits per heavy atom. The molecule has 0 saturated carbocycles. The van der Waals surface area contributed by atoms with Crippen LogP contribution < -0.4 is 0 Å². The van der Waals surface area contributed by atoms with Gasteiger partial charge in [0.2, 0.25) is 0 Å². The van der Waals surface area contributed by atoms with Gasteiger partial charge in [-0.1, -0.05) is 48.0 Å². The van der Waals surface area contributed by atoms with Crippen molar-refractivity contribution in [1.29, 1.82) is 5.26 Å². The summed E-state index contributed by atoms with van der Waals surface area (Å²) < 4.78 is 0. The summed E-state index contributed by atoms with van der Waals surface area (Å²) in [7, 11) is 0. The van der Waals surface area contributed by atoms with E-state index in [0.717, 1.165) is 16.8 Å². The Bertz CT molecular complexity index is 777. The van der Waals surface area contributed by atoms with Crippen LogP contribution in [0.25, 0.3) is 22.4 Å². The minimum atomic E-state index is 0.662. The second kappa shape index (κ2) is 5.60. The van der Waals surface area contributed by atoms with Gasteiger partial charge in [-0.3, -0.25) is 4.98 Å². The molecule has 2 heteroatoms. The maximum absolute atomic E-state index is 8.82. The van der Waals surface area contributed by atoms with Gasteiger partial charge in [0.05, 0.1) is 17.3 Å². The molecule has 0 atom stereocenters. The van der Waals surface area contributed by atoms with E-state index in [9.17, 15) is 0 Å². The van der Waals surface area contributed by atoms with Gasteiger partial charge in [0.15, 0.2) is 0 Å². The van der Waals surface area contributed by atoms with Gasteiger partial charge >= 0.3 is 0 Å². The summed E-state index contributed by atoms with van der Waals surface area (Å²) in [4.78, 5) is 4.52. The van der Waals surface area contributed by atoms with Crippen molar-refractivity contribution in [2.45, 2.75) is 6.92 Å². The van der Waals surface area contributed by atoms with E-state index in [4.69, 9.17) is 5.26 Å². The van der Waals surface area contributed by atoms with E-state index in [0.29, 0.717) is 5.56 Å². The van der Waals surface area contributed by atoms with Gasteiger partial charge in [-0.25, -0.2) is 0 Å². The number of hydrogen-bond donors (Lipinski definition) is 0. The molecule has 0 amide bonds. The maximum Gasteiger partial charge on any atom is 0.0991 e. The fraction of sp³-hybridized carbons (Fsp3) is 0.0526. The van der Waals surface area contributed by atoms with E-state index in [1.807, 2.05) is 36.5 Å². The van der Waals surface area contributed by atoms with Crippen LogP contribution in [0.5, 0.6) is 0 Å². The van der Waals surface area contributed by atoms with Gasteiger partial charge < -0.3 is 0 Å². The molecule has 3 aromatic rings. The van der Waals surface area contributed by atoms with Crippen LogP contribution in [0.15, 0.2) is 66.9 Å². The smallest absolute Gasteiger partial charge is 0.0991 e. The summed E-state index contributed by atoms with van der Waals surface area (Å²) in [6, 6.07) is 22.1. The maximum atomic E-state index is 8.82. The molecule has 0 aliphatic heterocycles. The number of pyridine rings is 1. The van der Waals surface area contributed by atoms with Crippen LogP contribution in [0.4, 0.5) is 0 Å². The fourth-order valence-electron chi connectivity index (χ4n) is 2.20. The van der Waals surface area contributed by atoms with Crippen LogP contribution in [0, 0.1) is 18.3 Å². The van der Waals surface area contributed by atoms with Crippen molar-refractivity contribution in [2.24, 2.45) is 0 Å². The molecule has 0 unspecified atom stereocenters. The van der Waals surface area contributed by atoms with Crippen LogP contribution >= 0.6 is 0 Å². The molecule has 0 fully saturated rings. The molecule has 0 spiro atoms. The number of benzene rings is 2. The Labute approximate surface area is 124 Å². The number of nitrogens with zero attached hydrogens (tertiary/aromatic N) is 2. The highest BCUT2D eigenvalue weighted by atomic mass is 14.7. The predicted molar refractivity (Wildman–Crippen MR) is 84.6 cm³/mol. The van der Waals surface area contributed by atoms with Gasteiger partial charge in [-0.15, -0.1) is 0 Å². The third kappa shape index (κ3) is 2.82. The molecule has 2 aromatic carbocycles.